The lowest BCUT2D eigenvalue weighted by atomic mass is 10.1. The van der Waals surface area contributed by atoms with E-state index in [4.69, 9.17) is 10.7 Å². The van der Waals surface area contributed by atoms with Crippen molar-refractivity contribution in [3.63, 3.8) is 0 Å². The van der Waals surface area contributed by atoms with E-state index in [1.165, 1.54) is 11.3 Å². The number of thiophene rings is 1. The number of hydrogen-bond acceptors (Lipinski definition) is 7. The molecular weight excluding hydrogens is 410 g/mol. The number of aromatic nitrogens is 4. The smallest absolute Gasteiger partial charge is 0.232 e. The van der Waals surface area contributed by atoms with Crippen molar-refractivity contribution < 1.29 is 4.55 Å². The normalized spacial score (nSPS) is 16.2. The fourth-order valence-corrected chi connectivity index (χ4v) is 7.59. The molecule has 6 nitrogen and oxygen atoms in total. The first-order valence-corrected chi connectivity index (χ1v) is 12.0. The van der Waals surface area contributed by atoms with E-state index in [-0.39, 0.29) is 5.25 Å². The molecule has 0 radical (unpaired) electrons. The number of nitrogens with zero attached hydrogens (tertiary/aromatic N) is 4. The number of hydrogen-bond donors (Lipinski definition) is 1. The van der Waals surface area contributed by atoms with Crippen LogP contribution in [0.2, 0.25) is 0 Å². The van der Waals surface area contributed by atoms with Crippen LogP contribution in [-0.4, -0.2) is 29.3 Å². The molecular formula is C19H19N5OS3. The van der Waals surface area contributed by atoms with Gasteiger partial charge in [-0.15, -0.1) is 11.3 Å². The van der Waals surface area contributed by atoms with Gasteiger partial charge >= 0.3 is 0 Å². The van der Waals surface area contributed by atoms with Crippen molar-refractivity contribution in [3.05, 3.63) is 30.2 Å². The molecule has 144 valence electrons. The van der Waals surface area contributed by atoms with Crippen LogP contribution >= 0.6 is 22.7 Å². The van der Waals surface area contributed by atoms with Crippen molar-refractivity contribution in [1.29, 1.82) is 0 Å². The van der Waals surface area contributed by atoms with Crippen LogP contribution in [0.15, 0.2) is 34.4 Å². The highest BCUT2D eigenvalue weighted by Gasteiger charge is 2.33. The van der Waals surface area contributed by atoms with Crippen LogP contribution in [-0.2, 0) is 18.2 Å². The van der Waals surface area contributed by atoms with E-state index < -0.39 is 11.2 Å². The Hall–Kier alpha value is -1.94. The summed E-state index contributed by atoms with van der Waals surface area (Å²) < 4.78 is 15.9. The van der Waals surface area contributed by atoms with Crippen LogP contribution in [0.3, 0.4) is 0 Å². The first kappa shape index (κ1) is 18.1. The summed E-state index contributed by atoms with van der Waals surface area (Å²) in [6.45, 7) is 0. The van der Waals surface area contributed by atoms with Gasteiger partial charge in [0, 0.05) is 40.8 Å². The molecule has 0 unspecified atom stereocenters. The highest BCUT2D eigenvalue weighted by atomic mass is 32.2. The second-order valence-electron chi connectivity index (χ2n) is 6.97. The number of nitrogen functional groups attached to an aromatic ring is 1. The summed E-state index contributed by atoms with van der Waals surface area (Å²) in [6.07, 6.45) is 9.68. The molecule has 0 aliphatic heterocycles. The van der Waals surface area contributed by atoms with Gasteiger partial charge in [-0.05, 0) is 31.7 Å². The van der Waals surface area contributed by atoms with Crippen molar-refractivity contribution in [3.8, 4) is 22.0 Å². The van der Waals surface area contributed by atoms with E-state index in [0.717, 1.165) is 62.1 Å². The zero-order chi connectivity index (χ0) is 19.3. The number of anilines is 1. The number of imidazole rings is 1. The zero-order valence-electron chi connectivity index (χ0n) is 15.3. The van der Waals surface area contributed by atoms with Gasteiger partial charge < -0.3 is 14.9 Å². The Labute approximate surface area is 173 Å². The molecule has 4 aromatic heterocycles. The second kappa shape index (κ2) is 7.14. The second-order valence-corrected chi connectivity index (χ2v) is 10.8. The summed E-state index contributed by atoms with van der Waals surface area (Å²) in [6, 6.07) is 2.02. The quantitative estimate of drug-likeness (QED) is 0.484. The molecule has 0 amide bonds. The van der Waals surface area contributed by atoms with Crippen molar-refractivity contribution in [2.24, 2.45) is 7.05 Å². The lowest BCUT2D eigenvalue weighted by molar-refractivity contribution is 0.581. The van der Waals surface area contributed by atoms with Gasteiger partial charge in [-0.25, -0.2) is 15.0 Å². The molecule has 0 aromatic carbocycles. The van der Waals surface area contributed by atoms with Crippen molar-refractivity contribution in [1.82, 2.24) is 19.5 Å². The fourth-order valence-electron chi connectivity index (χ4n) is 3.78. The topological polar surface area (TPSA) is 92.7 Å². The molecule has 0 spiro atoms. The van der Waals surface area contributed by atoms with E-state index in [1.807, 2.05) is 29.3 Å². The minimum absolute atomic E-state index is 0.203. The maximum atomic E-state index is 13.2. The van der Waals surface area contributed by atoms with Crippen LogP contribution in [0, 0.1) is 0 Å². The molecule has 2 N–H and O–H groups in total. The highest BCUT2D eigenvalue weighted by Crippen LogP contribution is 2.45. The van der Waals surface area contributed by atoms with Gasteiger partial charge in [0.25, 0.3) is 0 Å². The number of aryl methyl sites for hydroxylation is 1. The van der Waals surface area contributed by atoms with E-state index in [0.29, 0.717) is 5.69 Å². The summed E-state index contributed by atoms with van der Waals surface area (Å²) in [5.41, 5.74) is 9.88. The Bertz CT molecular complexity index is 1130. The molecule has 1 saturated carbocycles. The lowest BCUT2D eigenvalue weighted by Gasteiger charge is -2.15. The number of nitrogens with two attached hydrogens (primary N) is 1. The lowest BCUT2D eigenvalue weighted by Crippen LogP contribution is -2.17. The average Bonchev–Trinajstić information content (AvgIpc) is 3.48. The third kappa shape index (κ3) is 2.93. The van der Waals surface area contributed by atoms with Gasteiger partial charge in [0.2, 0.25) is 4.21 Å². The number of fused-ring (bicyclic) bond motifs is 1. The Balaban J connectivity index is 1.74. The van der Waals surface area contributed by atoms with Crippen LogP contribution < -0.4 is 5.73 Å². The average molecular weight is 430 g/mol. The molecule has 1 atom stereocenters. The molecule has 1 aliphatic rings. The predicted molar refractivity (Wildman–Crippen MR) is 116 cm³/mol. The molecule has 4 aromatic rings. The molecule has 28 heavy (non-hydrogen) atoms. The summed E-state index contributed by atoms with van der Waals surface area (Å²) in [5.74, 6) is 0. The number of rotatable bonds is 4. The maximum absolute atomic E-state index is 13.2. The first-order valence-electron chi connectivity index (χ1n) is 9.13. The Morgan fingerprint density at radius 2 is 2.14 bits per heavy atom. The Morgan fingerprint density at radius 3 is 2.82 bits per heavy atom. The number of thiazole rings is 1. The highest BCUT2D eigenvalue weighted by molar-refractivity contribution is 7.94. The van der Waals surface area contributed by atoms with Gasteiger partial charge in [-0.3, -0.25) is 0 Å². The van der Waals surface area contributed by atoms with Gasteiger partial charge in [0.15, 0.2) is 0 Å². The van der Waals surface area contributed by atoms with E-state index in [9.17, 15) is 4.55 Å². The fraction of sp³-hybridized carbons (Fsp3) is 0.316. The van der Waals surface area contributed by atoms with Crippen molar-refractivity contribution >= 4 is 49.8 Å². The van der Waals surface area contributed by atoms with Gasteiger partial charge in [0.1, 0.15) is 26.5 Å². The largest absolute Gasteiger partial charge is 0.611 e. The monoisotopic (exact) mass is 429 g/mol. The molecule has 1 aliphatic carbocycles. The summed E-state index contributed by atoms with van der Waals surface area (Å²) in [7, 11) is 1.96. The third-order valence-electron chi connectivity index (χ3n) is 5.20. The van der Waals surface area contributed by atoms with Gasteiger partial charge in [-0.2, -0.15) is 0 Å². The van der Waals surface area contributed by atoms with Crippen molar-refractivity contribution in [2.75, 3.05) is 5.73 Å². The molecule has 5 rings (SSSR count). The van der Waals surface area contributed by atoms with E-state index >= 15 is 0 Å². The molecule has 9 heteroatoms. The van der Waals surface area contributed by atoms with E-state index in [2.05, 4.69) is 9.97 Å². The van der Waals surface area contributed by atoms with Gasteiger partial charge in [0.05, 0.1) is 18.2 Å². The maximum Gasteiger partial charge on any atom is 0.232 e. The third-order valence-corrected chi connectivity index (χ3v) is 9.29. The first-order chi connectivity index (χ1) is 13.6. The van der Waals surface area contributed by atoms with Crippen LogP contribution in [0.25, 0.3) is 32.2 Å². The Morgan fingerprint density at radius 1 is 1.32 bits per heavy atom. The summed E-state index contributed by atoms with van der Waals surface area (Å²) in [5, 5.41) is 3.87. The summed E-state index contributed by atoms with van der Waals surface area (Å²) in [4.78, 5) is 14.3. The van der Waals surface area contributed by atoms with Crippen LogP contribution in [0.4, 0.5) is 5.69 Å². The minimum atomic E-state index is -1.09. The van der Waals surface area contributed by atoms with Crippen LogP contribution in [0.1, 0.15) is 25.7 Å². The number of pyridine rings is 1. The standard InChI is InChI=1S/C19H19N5OS3/c1-24-10-21-9-14(24)12-8-13(17-22-6-7-26-17)23-18-15(12)16(20)19(27-18)28(25)11-4-2-3-5-11/h6-11H,2-5,20H2,1H3/t28-/m1/s1. The molecule has 0 saturated heterocycles. The molecule has 1 fully saturated rings. The summed E-state index contributed by atoms with van der Waals surface area (Å²) >= 11 is 1.92. The zero-order valence-corrected chi connectivity index (χ0v) is 17.7. The minimum Gasteiger partial charge on any atom is -0.611 e. The van der Waals surface area contributed by atoms with Gasteiger partial charge in [-0.1, -0.05) is 11.3 Å². The molecule has 0 bridgehead atoms. The molecule has 4 heterocycles. The van der Waals surface area contributed by atoms with Crippen LogP contribution in [0.5, 0.6) is 0 Å². The predicted octanol–water partition coefficient (Wildman–Crippen LogP) is 4.45. The van der Waals surface area contributed by atoms with Crippen molar-refractivity contribution in [2.45, 2.75) is 35.1 Å². The Kier molecular flexibility index (Phi) is 4.62. The van der Waals surface area contributed by atoms with E-state index in [1.54, 1.807) is 23.9 Å². The SMILES string of the molecule is Cn1cncc1-c1cc(-c2nccs2)nc2sc([S@+]([O-])C3CCCC3)c(N)c12.